The largest absolute Gasteiger partial charge is 0.295 e. The van der Waals surface area contributed by atoms with Crippen molar-refractivity contribution in [3.8, 4) is 11.1 Å². The number of aromatic nitrogens is 2. The van der Waals surface area contributed by atoms with E-state index in [0.29, 0.717) is 11.9 Å². The zero-order chi connectivity index (χ0) is 14.1. The Bertz CT molecular complexity index is 833. The summed E-state index contributed by atoms with van der Waals surface area (Å²) in [4.78, 5) is 17.6. The number of allylic oxidation sites excluding steroid dienone is 1. The summed E-state index contributed by atoms with van der Waals surface area (Å²) in [6, 6.07) is 7.93. The minimum absolute atomic E-state index is 0.0194. The van der Waals surface area contributed by atoms with Gasteiger partial charge in [-0.2, -0.15) is 0 Å². The van der Waals surface area contributed by atoms with Crippen LogP contribution in [0, 0.1) is 0 Å². The van der Waals surface area contributed by atoms with E-state index in [9.17, 15) is 4.79 Å². The molecule has 0 aliphatic carbocycles. The summed E-state index contributed by atoms with van der Waals surface area (Å²) in [5.41, 5.74) is 1.94. The molecule has 0 saturated heterocycles. The summed E-state index contributed by atoms with van der Waals surface area (Å²) in [5.74, 6) is 0. The summed E-state index contributed by atoms with van der Waals surface area (Å²) in [5, 5.41) is 2.67. The van der Waals surface area contributed by atoms with E-state index in [0.717, 1.165) is 20.4 Å². The molecule has 0 unspecified atom stereocenters. The minimum atomic E-state index is -0.0194. The van der Waals surface area contributed by atoms with E-state index in [1.54, 1.807) is 17.0 Å². The zero-order valence-electron chi connectivity index (χ0n) is 10.5. The number of hydrogen-bond donors (Lipinski definition) is 0. The van der Waals surface area contributed by atoms with Gasteiger partial charge in [-0.3, -0.25) is 9.36 Å². The predicted molar refractivity (Wildman–Crippen MR) is 87.2 cm³/mol. The van der Waals surface area contributed by atoms with Crippen molar-refractivity contribution in [2.24, 2.45) is 0 Å². The molecule has 1 aromatic carbocycles. The molecular formula is C15H11BrN2OS. The summed E-state index contributed by atoms with van der Waals surface area (Å²) in [7, 11) is 0. The maximum absolute atomic E-state index is 12.5. The molecule has 3 nitrogen and oxygen atoms in total. The van der Waals surface area contributed by atoms with E-state index in [1.807, 2.05) is 29.6 Å². The molecule has 100 valence electrons. The lowest BCUT2D eigenvalue weighted by molar-refractivity contribution is 0.769. The van der Waals surface area contributed by atoms with Gasteiger partial charge in [0.2, 0.25) is 0 Å². The highest BCUT2D eigenvalue weighted by molar-refractivity contribution is 9.10. The fraction of sp³-hybridized carbons (Fsp3) is 0.0667. The second-order valence-corrected chi connectivity index (χ2v) is 6.10. The summed E-state index contributed by atoms with van der Waals surface area (Å²) >= 11 is 4.91. The summed E-state index contributed by atoms with van der Waals surface area (Å²) in [6.45, 7) is 4.13. The number of halogens is 1. The van der Waals surface area contributed by atoms with E-state index in [1.165, 1.54) is 11.3 Å². The molecule has 0 spiro atoms. The second kappa shape index (κ2) is 5.34. The lowest BCUT2D eigenvalue weighted by Gasteiger charge is -2.03. The van der Waals surface area contributed by atoms with Crippen molar-refractivity contribution in [3.05, 3.63) is 63.5 Å². The maximum atomic E-state index is 12.5. The van der Waals surface area contributed by atoms with Crippen molar-refractivity contribution in [1.82, 2.24) is 9.55 Å². The molecule has 0 saturated carbocycles. The fourth-order valence-electron chi connectivity index (χ4n) is 2.08. The number of nitrogens with zero attached hydrogens (tertiary/aromatic N) is 2. The third kappa shape index (κ3) is 2.23. The van der Waals surface area contributed by atoms with Crippen LogP contribution in [0.4, 0.5) is 0 Å². The first kappa shape index (κ1) is 13.3. The summed E-state index contributed by atoms with van der Waals surface area (Å²) in [6.07, 6.45) is 3.27. The van der Waals surface area contributed by atoms with Crippen molar-refractivity contribution in [1.29, 1.82) is 0 Å². The molecule has 0 bridgehead atoms. The van der Waals surface area contributed by atoms with E-state index < -0.39 is 0 Å². The molecule has 3 rings (SSSR count). The van der Waals surface area contributed by atoms with Crippen LogP contribution in [-0.2, 0) is 6.54 Å². The Morgan fingerprint density at radius 3 is 2.80 bits per heavy atom. The van der Waals surface area contributed by atoms with Gasteiger partial charge < -0.3 is 0 Å². The molecule has 5 heteroatoms. The molecule has 2 heterocycles. The van der Waals surface area contributed by atoms with Gasteiger partial charge in [0.1, 0.15) is 4.83 Å². The maximum Gasteiger partial charge on any atom is 0.262 e. The van der Waals surface area contributed by atoms with Crippen LogP contribution >= 0.6 is 27.3 Å². The van der Waals surface area contributed by atoms with Crippen molar-refractivity contribution >= 4 is 37.5 Å². The van der Waals surface area contributed by atoms with E-state index >= 15 is 0 Å². The monoisotopic (exact) mass is 346 g/mol. The first-order valence-electron chi connectivity index (χ1n) is 6.04. The van der Waals surface area contributed by atoms with Crippen LogP contribution in [0.2, 0.25) is 0 Å². The average Bonchev–Trinajstić information content (AvgIpc) is 2.88. The van der Waals surface area contributed by atoms with Crippen LogP contribution in [0.3, 0.4) is 0 Å². The highest BCUT2D eigenvalue weighted by Gasteiger charge is 2.12. The topological polar surface area (TPSA) is 34.9 Å². The number of thiophene rings is 1. The van der Waals surface area contributed by atoms with Crippen LogP contribution < -0.4 is 5.56 Å². The molecule has 0 aliphatic heterocycles. The van der Waals surface area contributed by atoms with Crippen LogP contribution in [0.25, 0.3) is 21.3 Å². The molecule has 2 aromatic heterocycles. The Balaban J connectivity index is 2.26. The molecule has 3 aromatic rings. The molecule has 0 radical (unpaired) electrons. The van der Waals surface area contributed by atoms with Crippen LogP contribution in [0.15, 0.2) is 57.9 Å². The van der Waals surface area contributed by atoms with Crippen LogP contribution in [-0.4, -0.2) is 9.55 Å². The normalized spacial score (nSPS) is 10.8. The number of benzene rings is 1. The number of rotatable bonds is 3. The Morgan fingerprint density at radius 2 is 2.10 bits per heavy atom. The van der Waals surface area contributed by atoms with Gasteiger partial charge in [0.25, 0.3) is 5.56 Å². The van der Waals surface area contributed by atoms with Crippen LogP contribution in [0.5, 0.6) is 0 Å². The van der Waals surface area contributed by atoms with Crippen molar-refractivity contribution < 1.29 is 0 Å². The zero-order valence-corrected chi connectivity index (χ0v) is 12.9. The van der Waals surface area contributed by atoms with Gasteiger partial charge in [0.15, 0.2) is 0 Å². The lowest BCUT2D eigenvalue weighted by atomic mass is 10.1. The second-order valence-electron chi connectivity index (χ2n) is 4.33. The van der Waals surface area contributed by atoms with E-state index in [2.05, 4.69) is 27.5 Å². The Hall–Kier alpha value is -1.72. The van der Waals surface area contributed by atoms with Gasteiger partial charge in [0.05, 0.1) is 11.7 Å². The predicted octanol–water partition coefficient (Wildman–Crippen LogP) is 4.07. The van der Waals surface area contributed by atoms with Gasteiger partial charge >= 0.3 is 0 Å². The molecule has 0 N–H and O–H groups in total. The molecule has 0 aliphatic rings. The third-order valence-electron chi connectivity index (χ3n) is 3.04. The SMILES string of the molecule is C=CCn1cnc2scc(-c3ccc(Br)cc3)c2c1=O. The van der Waals surface area contributed by atoms with Gasteiger partial charge in [-0.05, 0) is 17.7 Å². The molecule has 0 atom stereocenters. The number of hydrogen-bond acceptors (Lipinski definition) is 3. The van der Waals surface area contributed by atoms with Gasteiger partial charge in [-0.25, -0.2) is 4.98 Å². The average molecular weight is 347 g/mol. The van der Waals surface area contributed by atoms with Gasteiger partial charge in [-0.1, -0.05) is 34.1 Å². The Morgan fingerprint density at radius 1 is 1.35 bits per heavy atom. The first-order valence-corrected chi connectivity index (χ1v) is 7.71. The quantitative estimate of drug-likeness (QED) is 0.670. The van der Waals surface area contributed by atoms with Gasteiger partial charge in [-0.15, -0.1) is 17.9 Å². The number of fused-ring (bicyclic) bond motifs is 1. The van der Waals surface area contributed by atoms with E-state index in [-0.39, 0.29) is 5.56 Å². The van der Waals surface area contributed by atoms with Crippen molar-refractivity contribution in [2.75, 3.05) is 0 Å². The molecule has 0 amide bonds. The fourth-order valence-corrected chi connectivity index (χ4v) is 3.25. The molecular weight excluding hydrogens is 336 g/mol. The first-order chi connectivity index (χ1) is 9.70. The standard InChI is InChI=1S/C15H11BrN2OS/c1-2-7-18-9-17-14-13(15(18)19)12(8-20-14)10-3-5-11(16)6-4-10/h2-6,8-9H,1,7H2. The van der Waals surface area contributed by atoms with Crippen molar-refractivity contribution in [2.45, 2.75) is 6.54 Å². The molecule has 0 fully saturated rings. The Labute approximate surface area is 128 Å². The minimum Gasteiger partial charge on any atom is -0.295 e. The molecule has 20 heavy (non-hydrogen) atoms. The Kier molecular flexibility index (Phi) is 3.54. The lowest BCUT2D eigenvalue weighted by Crippen LogP contribution is -2.19. The smallest absolute Gasteiger partial charge is 0.262 e. The highest BCUT2D eigenvalue weighted by atomic mass is 79.9. The third-order valence-corrected chi connectivity index (χ3v) is 4.46. The summed E-state index contributed by atoms with van der Waals surface area (Å²) < 4.78 is 2.59. The van der Waals surface area contributed by atoms with E-state index in [4.69, 9.17) is 0 Å². The van der Waals surface area contributed by atoms with Crippen LogP contribution in [0.1, 0.15) is 0 Å². The highest BCUT2D eigenvalue weighted by Crippen LogP contribution is 2.31. The van der Waals surface area contributed by atoms with Gasteiger partial charge in [0, 0.05) is 22.0 Å². The van der Waals surface area contributed by atoms with Crippen molar-refractivity contribution in [3.63, 3.8) is 0 Å².